The number of unbranched alkanes of at least 4 members (excludes halogenated alkanes) is 15. The molecule has 0 saturated heterocycles. The van der Waals surface area contributed by atoms with E-state index in [-0.39, 0.29) is 0 Å². The molecular weight excluding hydrogens is 280 g/mol. The lowest BCUT2D eigenvalue weighted by Crippen LogP contribution is -1.97. The molecule has 0 heterocycles. The van der Waals surface area contributed by atoms with E-state index in [0.29, 0.717) is 0 Å². The predicted molar refractivity (Wildman–Crippen MR) is 106 cm³/mol. The maximum Gasteiger partial charge on any atom is -0.00773 e. The Morgan fingerprint density at radius 3 is 0.913 bits per heavy atom. The molecule has 0 spiro atoms. The van der Waals surface area contributed by atoms with Crippen molar-refractivity contribution < 1.29 is 0 Å². The number of nitrogens with two attached hydrogens (primary N) is 2. The van der Waals surface area contributed by atoms with Gasteiger partial charge in [-0.05, 0) is 51.6 Å². The summed E-state index contributed by atoms with van der Waals surface area (Å²) < 4.78 is 0. The molecule has 0 aliphatic rings. The van der Waals surface area contributed by atoms with Gasteiger partial charge in [-0.2, -0.15) is 0 Å². The number of allylic oxidation sites excluding steroid dienone is 2. The predicted octanol–water partition coefficient (Wildman–Crippen LogP) is 6.09. The van der Waals surface area contributed by atoms with Crippen molar-refractivity contribution in [1.82, 2.24) is 0 Å². The van der Waals surface area contributed by atoms with Crippen LogP contribution in [0.25, 0.3) is 0 Å². The average Bonchev–Trinajstić information content (AvgIpc) is 2.57. The van der Waals surface area contributed by atoms with E-state index in [9.17, 15) is 0 Å². The Labute approximate surface area is 146 Å². The standard InChI is InChI=1S/C21H44N2/c22-20-18-16-14-12-10-8-6-4-2-1-3-5-7-9-11-13-15-17-19-21-23/h2,4H,1,3,5-23H2/b4-2-. The van der Waals surface area contributed by atoms with Gasteiger partial charge in [-0.3, -0.25) is 0 Å². The van der Waals surface area contributed by atoms with E-state index >= 15 is 0 Å². The molecule has 138 valence electrons. The molecule has 4 N–H and O–H groups in total. The fourth-order valence-corrected chi connectivity index (χ4v) is 2.99. The molecular formula is C21H44N2. The lowest BCUT2D eigenvalue weighted by molar-refractivity contribution is 0.561. The van der Waals surface area contributed by atoms with Gasteiger partial charge in [-0.15, -0.1) is 0 Å². The zero-order valence-corrected chi connectivity index (χ0v) is 15.7. The summed E-state index contributed by atoms with van der Waals surface area (Å²) in [5.41, 5.74) is 11.0. The highest BCUT2D eigenvalue weighted by molar-refractivity contribution is 4.81. The summed E-state index contributed by atoms with van der Waals surface area (Å²) in [5, 5.41) is 0. The minimum atomic E-state index is 0.859. The molecule has 0 saturated carbocycles. The Kier molecular flexibility index (Phi) is 21.3. The van der Waals surface area contributed by atoms with Crippen LogP contribution in [0.2, 0.25) is 0 Å². The zero-order valence-electron chi connectivity index (χ0n) is 15.7. The molecule has 0 radical (unpaired) electrons. The van der Waals surface area contributed by atoms with Crippen molar-refractivity contribution in [3.8, 4) is 0 Å². The molecule has 0 aromatic carbocycles. The smallest absolute Gasteiger partial charge is 0.00773 e. The minimum Gasteiger partial charge on any atom is -0.330 e. The summed E-state index contributed by atoms with van der Waals surface area (Å²) in [6, 6.07) is 0. The highest BCUT2D eigenvalue weighted by atomic mass is 14.5. The second-order valence-corrected chi connectivity index (χ2v) is 6.93. The van der Waals surface area contributed by atoms with E-state index < -0.39 is 0 Å². The van der Waals surface area contributed by atoms with Crippen LogP contribution >= 0.6 is 0 Å². The molecule has 0 aromatic heterocycles. The van der Waals surface area contributed by atoms with Crippen LogP contribution in [0.1, 0.15) is 109 Å². The molecule has 0 aliphatic carbocycles. The number of rotatable bonds is 19. The molecule has 0 atom stereocenters. The first-order chi connectivity index (χ1) is 11.4. The van der Waals surface area contributed by atoms with E-state index in [1.807, 2.05) is 0 Å². The maximum atomic E-state index is 5.50. The molecule has 0 aromatic rings. The Bertz CT molecular complexity index is 226. The highest BCUT2D eigenvalue weighted by Gasteiger charge is 1.92. The van der Waals surface area contributed by atoms with Crippen molar-refractivity contribution in [3.63, 3.8) is 0 Å². The molecule has 0 aliphatic heterocycles. The molecule has 0 rings (SSSR count). The van der Waals surface area contributed by atoms with Gasteiger partial charge < -0.3 is 11.5 Å². The van der Waals surface area contributed by atoms with Gasteiger partial charge in [-0.1, -0.05) is 82.8 Å². The maximum absolute atomic E-state index is 5.50. The van der Waals surface area contributed by atoms with Crippen LogP contribution in [-0.2, 0) is 0 Å². The third kappa shape index (κ3) is 21.7. The summed E-state index contributed by atoms with van der Waals surface area (Å²) in [5.74, 6) is 0. The molecule has 2 heteroatoms. The van der Waals surface area contributed by atoms with Crippen LogP contribution in [0, 0.1) is 0 Å². The summed E-state index contributed by atoms with van der Waals surface area (Å²) in [6.45, 7) is 1.72. The summed E-state index contributed by atoms with van der Waals surface area (Å²) >= 11 is 0. The van der Waals surface area contributed by atoms with Crippen molar-refractivity contribution in [2.24, 2.45) is 11.5 Å². The first kappa shape index (κ1) is 22.7. The van der Waals surface area contributed by atoms with Crippen molar-refractivity contribution in [2.45, 2.75) is 109 Å². The first-order valence-corrected chi connectivity index (χ1v) is 10.5. The monoisotopic (exact) mass is 324 g/mol. The summed E-state index contributed by atoms with van der Waals surface area (Å²) in [4.78, 5) is 0. The van der Waals surface area contributed by atoms with Gasteiger partial charge >= 0.3 is 0 Å². The van der Waals surface area contributed by atoms with Gasteiger partial charge in [0.15, 0.2) is 0 Å². The van der Waals surface area contributed by atoms with Crippen LogP contribution in [0.3, 0.4) is 0 Å². The molecule has 2 nitrogen and oxygen atoms in total. The van der Waals surface area contributed by atoms with Crippen LogP contribution < -0.4 is 11.5 Å². The lowest BCUT2D eigenvalue weighted by Gasteiger charge is -2.01. The second kappa shape index (κ2) is 21.7. The van der Waals surface area contributed by atoms with Crippen LogP contribution in [0.4, 0.5) is 0 Å². The van der Waals surface area contributed by atoms with Gasteiger partial charge in [0.1, 0.15) is 0 Å². The molecule has 0 unspecified atom stereocenters. The lowest BCUT2D eigenvalue weighted by atomic mass is 10.1. The largest absolute Gasteiger partial charge is 0.330 e. The minimum absolute atomic E-state index is 0.859. The third-order valence-electron chi connectivity index (χ3n) is 4.57. The molecule has 0 amide bonds. The average molecular weight is 325 g/mol. The number of hydrogen-bond acceptors (Lipinski definition) is 2. The first-order valence-electron chi connectivity index (χ1n) is 10.5. The summed E-state index contributed by atoms with van der Waals surface area (Å²) in [6.07, 6.45) is 27.8. The van der Waals surface area contributed by atoms with Gasteiger partial charge in [-0.25, -0.2) is 0 Å². The van der Waals surface area contributed by atoms with E-state index in [0.717, 1.165) is 13.1 Å². The molecule has 0 bridgehead atoms. The Balaban J connectivity index is 3.03. The van der Waals surface area contributed by atoms with Crippen LogP contribution in [0.5, 0.6) is 0 Å². The van der Waals surface area contributed by atoms with Crippen molar-refractivity contribution in [2.75, 3.05) is 13.1 Å². The quantitative estimate of drug-likeness (QED) is 0.223. The van der Waals surface area contributed by atoms with Crippen molar-refractivity contribution in [3.05, 3.63) is 12.2 Å². The highest BCUT2D eigenvalue weighted by Crippen LogP contribution is 2.11. The van der Waals surface area contributed by atoms with Crippen molar-refractivity contribution in [1.29, 1.82) is 0 Å². The molecule has 0 fully saturated rings. The van der Waals surface area contributed by atoms with E-state index in [4.69, 9.17) is 11.5 Å². The van der Waals surface area contributed by atoms with E-state index in [1.165, 1.54) is 109 Å². The van der Waals surface area contributed by atoms with E-state index in [1.54, 1.807) is 0 Å². The van der Waals surface area contributed by atoms with Crippen LogP contribution in [0.15, 0.2) is 12.2 Å². The fraction of sp³-hybridized carbons (Fsp3) is 0.905. The molecule has 23 heavy (non-hydrogen) atoms. The van der Waals surface area contributed by atoms with Gasteiger partial charge in [0.25, 0.3) is 0 Å². The second-order valence-electron chi connectivity index (χ2n) is 6.93. The van der Waals surface area contributed by atoms with Gasteiger partial charge in [0.05, 0.1) is 0 Å². The van der Waals surface area contributed by atoms with Crippen molar-refractivity contribution >= 4 is 0 Å². The SMILES string of the molecule is NCCCCCCCC/C=C\CCCCCCCCCCCN. The topological polar surface area (TPSA) is 52.0 Å². The third-order valence-corrected chi connectivity index (χ3v) is 4.57. The normalized spacial score (nSPS) is 11.6. The number of hydrogen-bond donors (Lipinski definition) is 2. The summed E-state index contributed by atoms with van der Waals surface area (Å²) in [7, 11) is 0. The Morgan fingerprint density at radius 2 is 0.609 bits per heavy atom. The van der Waals surface area contributed by atoms with Gasteiger partial charge in [0, 0.05) is 0 Å². The fourth-order valence-electron chi connectivity index (χ4n) is 2.99. The Morgan fingerprint density at radius 1 is 0.348 bits per heavy atom. The Hall–Kier alpha value is -0.340. The van der Waals surface area contributed by atoms with Gasteiger partial charge in [0.2, 0.25) is 0 Å². The van der Waals surface area contributed by atoms with E-state index in [2.05, 4.69) is 12.2 Å². The van der Waals surface area contributed by atoms with Crippen LogP contribution in [-0.4, -0.2) is 13.1 Å². The zero-order chi connectivity index (χ0) is 16.8.